The number of nitrogens with zero attached hydrogens (tertiary/aromatic N) is 2. The van der Waals surface area contributed by atoms with Gasteiger partial charge in [0.25, 0.3) is 0 Å². The van der Waals surface area contributed by atoms with Crippen molar-refractivity contribution in [3.05, 3.63) is 0 Å². The molecule has 0 aromatic heterocycles. The molecule has 3 aliphatic rings. The Labute approximate surface area is 132 Å². The highest BCUT2D eigenvalue weighted by Crippen LogP contribution is 2.18. The minimum absolute atomic E-state index is 0.148. The van der Waals surface area contributed by atoms with Crippen LogP contribution in [0.2, 0.25) is 0 Å². The maximum absolute atomic E-state index is 12.0. The van der Waals surface area contributed by atoms with Gasteiger partial charge in [0.15, 0.2) is 0 Å². The Bertz CT molecular complexity index is 397. The smallest absolute Gasteiger partial charge is 0.234 e. The Morgan fingerprint density at radius 2 is 1.14 bits per heavy atom. The van der Waals surface area contributed by atoms with Gasteiger partial charge in [-0.05, 0) is 25.7 Å². The lowest BCUT2D eigenvalue weighted by molar-refractivity contribution is -0.125. The minimum Gasteiger partial charge on any atom is -0.352 e. The summed E-state index contributed by atoms with van der Waals surface area (Å²) in [7, 11) is 0. The maximum atomic E-state index is 12.0. The van der Waals surface area contributed by atoms with Crippen molar-refractivity contribution < 1.29 is 9.59 Å². The summed E-state index contributed by atoms with van der Waals surface area (Å²) in [6.45, 7) is 4.48. The van der Waals surface area contributed by atoms with Crippen molar-refractivity contribution in [2.45, 2.75) is 50.6 Å². The molecule has 6 heteroatoms. The molecule has 0 spiro atoms. The van der Waals surface area contributed by atoms with E-state index in [-0.39, 0.29) is 11.8 Å². The van der Waals surface area contributed by atoms with Gasteiger partial charge in [-0.25, -0.2) is 0 Å². The number of nitrogens with one attached hydrogen (secondary N) is 2. The van der Waals surface area contributed by atoms with Crippen molar-refractivity contribution in [2.24, 2.45) is 0 Å². The summed E-state index contributed by atoms with van der Waals surface area (Å²) in [4.78, 5) is 28.2. The lowest BCUT2D eigenvalue weighted by Crippen LogP contribution is -2.52. The molecule has 2 saturated carbocycles. The van der Waals surface area contributed by atoms with Crippen LogP contribution < -0.4 is 10.6 Å². The van der Waals surface area contributed by atoms with Gasteiger partial charge in [0.05, 0.1) is 13.1 Å². The lowest BCUT2D eigenvalue weighted by atomic mass is 10.2. The largest absolute Gasteiger partial charge is 0.352 e. The minimum atomic E-state index is 0.148. The molecule has 2 N–H and O–H groups in total. The van der Waals surface area contributed by atoms with Crippen LogP contribution in [0.15, 0.2) is 0 Å². The molecule has 2 aliphatic carbocycles. The first-order chi connectivity index (χ1) is 10.7. The average molecular weight is 308 g/mol. The third-order valence-electron chi connectivity index (χ3n) is 4.86. The van der Waals surface area contributed by atoms with E-state index in [0.29, 0.717) is 25.2 Å². The van der Waals surface area contributed by atoms with E-state index in [1.807, 2.05) is 0 Å². The van der Waals surface area contributed by atoms with E-state index in [4.69, 9.17) is 0 Å². The monoisotopic (exact) mass is 308 g/mol. The van der Waals surface area contributed by atoms with Crippen molar-refractivity contribution in [2.75, 3.05) is 39.3 Å². The number of amides is 2. The van der Waals surface area contributed by atoms with Crippen LogP contribution in [0.1, 0.15) is 38.5 Å². The van der Waals surface area contributed by atoms with Crippen LogP contribution in [0.25, 0.3) is 0 Å². The van der Waals surface area contributed by atoms with Crippen LogP contribution in [0.4, 0.5) is 0 Å². The third-order valence-corrected chi connectivity index (χ3v) is 4.86. The number of carbonyl (C=O) groups excluding carboxylic acids is 2. The second kappa shape index (κ2) is 7.42. The van der Waals surface area contributed by atoms with Gasteiger partial charge >= 0.3 is 0 Å². The summed E-state index contributed by atoms with van der Waals surface area (Å²) < 4.78 is 0. The van der Waals surface area contributed by atoms with E-state index in [1.54, 1.807) is 0 Å². The summed E-state index contributed by atoms with van der Waals surface area (Å²) in [6.07, 6.45) is 7.02. The first-order valence-electron chi connectivity index (χ1n) is 8.72. The highest BCUT2D eigenvalue weighted by Gasteiger charge is 2.26. The molecule has 1 saturated heterocycles. The molecule has 0 bridgehead atoms. The zero-order valence-corrected chi connectivity index (χ0v) is 13.4. The molecule has 0 atom stereocenters. The second-order valence-electron chi connectivity index (χ2n) is 6.94. The number of rotatable bonds is 6. The van der Waals surface area contributed by atoms with Gasteiger partial charge in [-0.3, -0.25) is 19.4 Å². The van der Waals surface area contributed by atoms with Gasteiger partial charge in [-0.1, -0.05) is 12.8 Å². The molecule has 22 heavy (non-hydrogen) atoms. The summed E-state index contributed by atoms with van der Waals surface area (Å²) >= 11 is 0. The number of hydrogen-bond acceptors (Lipinski definition) is 4. The molecular formula is C16H28N4O2. The van der Waals surface area contributed by atoms with Crippen LogP contribution in [-0.4, -0.2) is 73.0 Å². The zero-order valence-electron chi connectivity index (χ0n) is 13.4. The standard InChI is InChI=1S/C16H28N4O2/c21-15(17-13-3-1-2-4-13)11-19-7-9-20(10-8-19)12-16(22)18-14-5-6-14/h13-14H,1-12H2,(H,17,21)(H,18,22). The van der Waals surface area contributed by atoms with Crippen molar-refractivity contribution in [1.29, 1.82) is 0 Å². The predicted molar refractivity (Wildman–Crippen MR) is 84.4 cm³/mol. The van der Waals surface area contributed by atoms with E-state index in [9.17, 15) is 9.59 Å². The fourth-order valence-electron chi connectivity index (χ4n) is 3.36. The molecule has 0 aromatic rings. The Kier molecular flexibility index (Phi) is 5.31. The molecule has 3 fully saturated rings. The molecule has 1 heterocycles. The number of piperazine rings is 1. The van der Waals surface area contributed by atoms with E-state index in [1.165, 1.54) is 12.8 Å². The van der Waals surface area contributed by atoms with E-state index in [2.05, 4.69) is 20.4 Å². The Morgan fingerprint density at radius 1 is 0.727 bits per heavy atom. The average Bonchev–Trinajstić information content (AvgIpc) is 3.14. The predicted octanol–water partition coefficient (Wildman–Crippen LogP) is -0.0586. The van der Waals surface area contributed by atoms with Crippen molar-refractivity contribution in [1.82, 2.24) is 20.4 Å². The second-order valence-corrected chi connectivity index (χ2v) is 6.94. The maximum Gasteiger partial charge on any atom is 0.234 e. The number of carbonyl (C=O) groups is 2. The molecule has 0 aromatic carbocycles. The molecule has 0 radical (unpaired) electrons. The third kappa shape index (κ3) is 4.95. The van der Waals surface area contributed by atoms with Gasteiger partial charge in [0, 0.05) is 38.3 Å². The zero-order chi connectivity index (χ0) is 15.4. The van der Waals surface area contributed by atoms with Crippen LogP contribution in [0.3, 0.4) is 0 Å². The molecule has 124 valence electrons. The van der Waals surface area contributed by atoms with Crippen molar-refractivity contribution in [3.63, 3.8) is 0 Å². The molecule has 1 aliphatic heterocycles. The van der Waals surface area contributed by atoms with Crippen LogP contribution >= 0.6 is 0 Å². The summed E-state index contributed by atoms with van der Waals surface area (Å²) in [6, 6.07) is 0.841. The fraction of sp³-hybridized carbons (Fsp3) is 0.875. The topological polar surface area (TPSA) is 64.7 Å². The summed E-state index contributed by atoms with van der Waals surface area (Å²) in [5.74, 6) is 0.307. The lowest BCUT2D eigenvalue weighted by Gasteiger charge is -2.34. The molecule has 6 nitrogen and oxygen atoms in total. The Hall–Kier alpha value is -1.14. The van der Waals surface area contributed by atoms with E-state index < -0.39 is 0 Å². The van der Waals surface area contributed by atoms with Gasteiger partial charge in [0.2, 0.25) is 11.8 Å². The quantitative estimate of drug-likeness (QED) is 0.722. The van der Waals surface area contributed by atoms with Gasteiger partial charge in [-0.2, -0.15) is 0 Å². The van der Waals surface area contributed by atoms with Crippen LogP contribution in [0.5, 0.6) is 0 Å². The van der Waals surface area contributed by atoms with Gasteiger partial charge in [-0.15, -0.1) is 0 Å². The van der Waals surface area contributed by atoms with Crippen LogP contribution in [0, 0.1) is 0 Å². The summed E-state index contributed by atoms with van der Waals surface area (Å²) in [5.41, 5.74) is 0. The molecular weight excluding hydrogens is 280 g/mol. The van der Waals surface area contributed by atoms with Gasteiger partial charge < -0.3 is 10.6 Å². The normalized spacial score (nSPS) is 24.4. The van der Waals surface area contributed by atoms with Crippen LogP contribution in [-0.2, 0) is 9.59 Å². The highest BCUT2D eigenvalue weighted by atomic mass is 16.2. The highest BCUT2D eigenvalue weighted by molar-refractivity contribution is 5.79. The van der Waals surface area contributed by atoms with Crippen molar-refractivity contribution in [3.8, 4) is 0 Å². The molecule has 0 unspecified atom stereocenters. The summed E-state index contributed by atoms with van der Waals surface area (Å²) in [5, 5.41) is 6.17. The number of hydrogen-bond donors (Lipinski definition) is 2. The van der Waals surface area contributed by atoms with E-state index >= 15 is 0 Å². The molecule has 3 rings (SSSR count). The first-order valence-corrected chi connectivity index (χ1v) is 8.72. The fourth-order valence-corrected chi connectivity index (χ4v) is 3.36. The Morgan fingerprint density at radius 3 is 1.55 bits per heavy atom. The van der Waals surface area contributed by atoms with Gasteiger partial charge in [0.1, 0.15) is 0 Å². The Balaban J connectivity index is 1.30. The molecule has 2 amide bonds. The SMILES string of the molecule is O=C(CN1CCN(CC(=O)NC2CC2)CC1)NC1CCCC1. The van der Waals surface area contributed by atoms with E-state index in [0.717, 1.165) is 51.9 Å². The first kappa shape index (κ1) is 15.7. The van der Waals surface area contributed by atoms with Crippen molar-refractivity contribution >= 4 is 11.8 Å².